The number of carbonyl (C=O) groups excluding carboxylic acids is 2. The predicted molar refractivity (Wildman–Crippen MR) is 118 cm³/mol. The highest BCUT2D eigenvalue weighted by Crippen LogP contribution is 2.26. The molecule has 29 heavy (non-hydrogen) atoms. The van der Waals surface area contributed by atoms with Gasteiger partial charge < -0.3 is 26.8 Å². The predicted octanol–water partition coefficient (Wildman–Crippen LogP) is 2.69. The third kappa shape index (κ3) is 8.51. The fraction of sp³-hybridized carbons (Fsp3) is 0.636. The van der Waals surface area contributed by atoms with Crippen LogP contribution < -0.4 is 26.8 Å². The summed E-state index contributed by atoms with van der Waals surface area (Å²) in [6.45, 7) is 14.1. The van der Waals surface area contributed by atoms with Crippen LogP contribution in [0.15, 0.2) is 18.2 Å². The maximum Gasteiger partial charge on any atom is 0.241 e. The molecular formula is C22H38N4O3. The van der Waals surface area contributed by atoms with Crippen LogP contribution in [0.4, 0.5) is 5.69 Å². The molecule has 1 amide bonds. The summed E-state index contributed by atoms with van der Waals surface area (Å²) in [5.74, 6) is 0.341. The highest BCUT2D eigenvalue weighted by Gasteiger charge is 2.28. The zero-order valence-electron chi connectivity index (χ0n) is 18.9. The summed E-state index contributed by atoms with van der Waals surface area (Å²) in [5, 5.41) is 6.30. The number of ketones is 1. The maximum atomic E-state index is 12.9. The van der Waals surface area contributed by atoms with Gasteiger partial charge in [0.1, 0.15) is 12.4 Å². The Morgan fingerprint density at radius 1 is 1.14 bits per heavy atom. The van der Waals surface area contributed by atoms with E-state index in [4.69, 9.17) is 16.2 Å². The van der Waals surface area contributed by atoms with Gasteiger partial charge >= 0.3 is 0 Å². The van der Waals surface area contributed by atoms with Gasteiger partial charge in [-0.25, -0.2) is 0 Å². The molecule has 0 bridgehead atoms. The maximum absolute atomic E-state index is 12.9. The molecule has 0 aromatic heterocycles. The van der Waals surface area contributed by atoms with Crippen molar-refractivity contribution < 1.29 is 14.3 Å². The first-order chi connectivity index (χ1) is 13.2. The van der Waals surface area contributed by atoms with Crippen LogP contribution in [0.2, 0.25) is 0 Å². The Balaban J connectivity index is 3.16. The molecule has 0 saturated heterocycles. The molecule has 0 aliphatic heterocycles. The van der Waals surface area contributed by atoms with Crippen LogP contribution in [0, 0.1) is 5.92 Å². The number of ether oxygens (including phenoxy) is 1. The van der Waals surface area contributed by atoms with E-state index in [1.807, 2.05) is 20.8 Å². The van der Waals surface area contributed by atoms with Crippen LogP contribution in [0.1, 0.15) is 65.2 Å². The van der Waals surface area contributed by atoms with Gasteiger partial charge in [0, 0.05) is 17.8 Å². The molecule has 1 rings (SSSR count). The van der Waals surface area contributed by atoms with E-state index in [0.29, 0.717) is 35.9 Å². The van der Waals surface area contributed by atoms with Gasteiger partial charge in [-0.3, -0.25) is 9.59 Å². The standard InChI is InChI=1S/C22H38N4O3/c1-14(2)12-17(26-21(3,4)5)20(28)25-15-8-9-18(29-11-10-23)16(13-15)19(27)22(6,7)24/h8-9,13-14,17,26H,10-12,23-24H2,1-7H3,(H,25,28). The van der Waals surface area contributed by atoms with Crippen LogP contribution in [-0.2, 0) is 4.79 Å². The zero-order valence-corrected chi connectivity index (χ0v) is 18.9. The smallest absolute Gasteiger partial charge is 0.241 e. The summed E-state index contributed by atoms with van der Waals surface area (Å²) in [4.78, 5) is 25.7. The molecule has 0 radical (unpaired) electrons. The lowest BCUT2D eigenvalue weighted by Crippen LogP contribution is -2.50. The highest BCUT2D eigenvalue weighted by molar-refractivity contribution is 6.06. The lowest BCUT2D eigenvalue weighted by Gasteiger charge is -2.29. The van der Waals surface area contributed by atoms with Crippen molar-refractivity contribution in [3.8, 4) is 5.75 Å². The van der Waals surface area contributed by atoms with Crippen molar-refractivity contribution in [1.29, 1.82) is 0 Å². The summed E-state index contributed by atoms with van der Waals surface area (Å²) < 4.78 is 5.60. The Morgan fingerprint density at radius 2 is 1.76 bits per heavy atom. The third-order valence-corrected chi connectivity index (χ3v) is 4.08. The lowest BCUT2D eigenvalue weighted by molar-refractivity contribution is -0.119. The Hall–Kier alpha value is -1.96. The molecule has 6 N–H and O–H groups in total. The van der Waals surface area contributed by atoms with Gasteiger partial charge in [-0.15, -0.1) is 0 Å². The van der Waals surface area contributed by atoms with Crippen molar-refractivity contribution in [1.82, 2.24) is 5.32 Å². The largest absolute Gasteiger partial charge is 0.492 e. The summed E-state index contributed by atoms with van der Waals surface area (Å²) in [6.07, 6.45) is 0.697. The molecule has 0 spiro atoms. The number of Topliss-reactive ketones (excluding diaryl/α,β-unsaturated/α-hetero) is 1. The van der Waals surface area contributed by atoms with Gasteiger partial charge in [0.15, 0.2) is 5.78 Å². The van der Waals surface area contributed by atoms with Gasteiger partial charge in [-0.05, 0) is 65.2 Å². The SMILES string of the molecule is CC(C)CC(NC(C)(C)C)C(=O)Nc1ccc(OCCN)c(C(=O)C(C)(C)N)c1. The van der Waals surface area contributed by atoms with E-state index in [-0.39, 0.29) is 29.9 Å². The monoisotopic (exact) mass is 406 g/mol. The molecule has 164 valence electrons. The Kier molecular flexibility index (Phi) is 8.81. The Morgan fingerprint density at radius 3 is 2.24 bits per heavy atom. The van der Waals surface area contributed by atoms with Gasteiger partial charge in [0.25, 0.3) is 0 Å². The van der Waals surface area contributed by atoms with E-state index in [1.165, 1.54) is 0 Å². The average molecular weight is 407 g/mol. The van der Waals surface area contributed by atoms with Crippen LogP contribution >= 0.6 is 0 Å². The third-order valence-electron chi connectivity index (χ3n) is 4.08. The number of nitrogens with one attached hydrogen (secondary N) is 2. The van der Waals surface area contributed by atoms with E-state index < -0.39 is 5.54 Å². The number of anilines is 1. The zero-order chi connectivity index (χ0) is 22.4. The highest BCUT2D eigenvalue weighted by atomic mass is 16.5. The Bertz CT molecular complexity index is 703. The van der Waals surface area contributed by atoms with Crippen LogP contribution in [0.25, 0.3) is 0 Å². The van der Waals surface area contributed by atoms with Crippen LogP contribution in [0.5, 0.6) is 5.75 Å². The summed E-state index contributed by atoms with van der Waals surface area (Å²) in [7, 11) is 0. The van der Waals surface area contributed by atoms with E-state index >= 15 is 0 Å². The van der Waals surface area contributed by atoms with Crippen molar-refractivity contribution >= 4 is 17.4 Å². The second-order valence-electron chi connectivity index (χ2n) is 9.46. The molecule has 1 atom stereocenters. The van der Waals surface area contributed by atoms with Gasteiger partial charge in [0.2, 0.25) is 5.91 Å². The number of benzene rings is 1. The van der Waals surface area contributed by atoms with E-state index in [2.05, 4.69) is 24.5 Å². The summed E-state index contributed by atoms with van der Waals surface area (Å²) in [5.41, 5.74) is 11.1. The van der Waals surface area contributed by atoms with Crippen LogP contribution in [0.3, 0.4) is 0 Å². The minimum Gasteiger partial charge on any atom is -0.492 e. The van der Waals surface area contributed by atoms with Gasteiger partial charge in [-0.1, -0.05) is 13.8 Å². The van der Waals surface area contributed by atoms with Crippen LogP contribution in [-0.4, -0.2) is 42.0 Å². The van der Waals surface area contributed by atoms with E-state index in [1.54, 1.807) is 32.0 Å². The van der Waals surface area contributed by atoms with Gasteiger partial charge in [0.05, 0.1) is 17.1 Å². The first kappa shape index (κ1) is 25.1. The molecule has 0 aliphatic carbocycles. The van der Waals surface area contributed by atoms with Gasteiger partial charge in [-0.2, -0.15) is 0 Å². The van der Waals surface area contributed by atoms with Crippen molar-refractivity contribution in [2.45, 2.75) is 72.0 Å². The molecule has 1 unspecified atom stereocenters. The number of nitrogens with two attached hydrogens (primary N) is 2. The molecular weight excluding hydrogens is 368 g/mol. The summed E-state index contributed by atoms with van der Waals surface area (Å²) >= 11 is 0. The Labute approximate surface area is 174 Å². The van der Waals surface area contributed by atoms with E-state index in [9.17, 15) is 9.59 Å². The number of hydrogen-bond acceptors (Lipinski definition) is 6. The van der Waals surface area contributed by atoms with Crippen molar-refractivity contribution in [2.24, 2.45) is 17.4 Å². The quantitative estimate of drug-likeness (QED) is 0.444. The first-order valence-corrected chi connectivity index (χ1v) is 10.1. The fourth-order valence-corrected chi connectivity index (χ4v) is 2.88. The number of hydrogen-bond donors (Lipinski definition) is 4. The molecule has 0 aliphatic rings. The first-order valence-electron chi connectivity index (χ1n) is 10.1. The normalized spacial score (nSPS) is 13.3. The number of rotatable bonds is 10. The molecule has 1 aromatic carbocycles. The van der Waals surface area contributed by atoms with Crippen molar-refractivity contribution in [3.05, 3.63) is 23.8 Å². The molecule has 7 nitrogen and oxygen atoms in total. The second kappa shape index (κ2) is 10.2. The van der Waals surface area contributed by atoms with Crippen molar-refractivity contribution in [2.75, 3.05) is 18.5 Å². The second-order valence-corrected chi connectivity index (χ2v) is 9.46. The molecule has 0 heterocycles. The van der Waals surface area contributed by atoms with Crippen molar-refractivity contribution in [3.63, 3.8) is 0 Å². The minimum atomic E-state index is -1.07. The number of amides is 1. The fourth-order valence-electron chi connectivity index (χ4n) is 2.88. The topological polar surface area (TPSA) is 119 Å². The minimum absolute atomic E-state index is 0.144. The molecule has 1 aromatic rings. The summed E-state index contributed by atoms with van der Waals surface area (Å²) in [6, 6.07) is 4.64. The molecule has 0 fully saturated rings. The lowest BCUT2D eigenvalue weighted by atomic mass is 9.93. The average Bonchev–Trinajstić information content (AvgIpc) is 2.56. The van der Waals surface area contributed by atoms with E-state index in [0.717, 1.165) is 0 Å². The number of carbonyl (C=O) groups is 2. The molecule has 0 saturated carbocycles. The molecule has 7 heteroatoms.